The van der Waals surface area contributed by atoms with Crippen molar-refractivity contribution in [2.75, 3.05) is 38.2 Å². The van der Waals surface area contributed by atoms with Crippen LogP contribution in [-0.2, 0) is 19.6 Å². The number of nitrogens with one attached hydrogen (secondary N) is 2. The number of sulfonamides is 1. The van der Waals surface area contributed by atoms with Crippen molar-refractivity contribution in [2.24, 2.45) is 0 Å². The number of halogens is 1. The summed E-state index contributed by atoms with van der Waals surface area (Å²) in [6, 6.07) is 11.3. The Morgan fingerprint density at radius 2 is 1.87 bits per heavy atom. The van der Waals surface area contributed by atoms with Crippen molar-refractivity contribution in [3.05, 3.63) is 53.1 Å². The van der Waals surface area contributed by atoms with E-state index >= 15 is 0 Å². The maximum atomic E-state index is 12.6. The van der Waals surface area contributed by atoms with E-state index in [1.165, 1.54) is 16.4 Å². The van der Waals surface area contributed by atoms with Crippen LogP contribution in [-0.4, -0.2) is 56.7 Å². The van der Waals surface area contributed by atoms with Gasteiger partial charge in [-0.05, 0) is 67.2 Å². The normalized spacial score (nSPS) is 14.6. The molecule has 1 amide bonds. The largest absolute Gasteiger partial charge is 0.483 e. The summed E-state index contributed by atoms with van der Waals surface area (Å²) in [5.41, 5.74) is 1.36. The van der Waals surface area contributed by atoms with Crippen LogP contribution in [0.2, 0.25) is 5.02 Å². The van der Waals surface area contributed by atoms with Gasteiger partial charge >= 0.3 is 0 Å². The predicted octanol–water partition coefficient (Wildman–Crippen LogP) is 2.56. The number of benzene rings is 2. The zero-order valence-corrected chi connectivity index (χ0v) is 19.1. The van der Waals surface area contributed by atoms with Crippen LogP contribution in [0.25, 0.3) is 0 Å². The van der Waals surface area contributed by atoms with Crippen LogP contribution >= 0.6 is 23.8 Å². The Kier molecular flexibility index (Phi) is 7.84. The number of hydrogen-bond donors (Lipinski definition) is 2. The molecule has 2 aromatic carbocycles. The van der Waals surface area contributed by atoms with E-state index in [1.807, 2.05) is 6.92 Å². The van der Waals surface area contributed by atoms with E-state index in [4.69, 9.17) is 33.3 Å². The van der Waals surface area contributed by atoms with Crippen LogP contribution in [0.1, 0.15) is 5.56 Å². The van der Waals surface area contributed by atoms with Gasteiger partial charge in [-0.2, -0.15) is 4.31 Å². The van der Waals surface area contributed by atoms with Crippen LogP contribution in [0.5, 0.6) is 5.75 Å². The average molecular weight is 484 g/mol. The number of carbonyl (C=O) groups is 1. The lowest BCUT2D eigenvalue weighted by atomic mass is 10.2. The first-order chi connectivity index (χ1) is 14.8. The molecule has 8 nitrogen and oxygen atoms in total. The summed E-state index contributed by atoms with van der Waals surface area (Å²) in [5.74, 6) is 0.119. The van der Waals surface area contributed by atoms with Crippen LogP contribution in [0.4, 0.5) is 5.69 Å². The summed E-state index contributed by atoms with van der Waals surface area (Å²) in [5, 5.41) is 6.02. The lowest BCUT2D eigenvalue weighted by molar-refractivity contribution is -0.121. The molecule has 0 spiro atoms. The quantitative estimate of drug-likeness (QED) is 0.609. The van der Waals surface area contributed by atoms with Crippen molar-refractivity contribution in [1.29, 1.82) is 0 Å². The SMILES string of the molecule is Cc1cc(Cl)ccc1OCC(=O)NC(=S)Nc1ccc(S(=O)(=O)N2CCOCC2)cc1. The number of aryl methyl sites for hydroxylation is 1. The van der Waals surface area contributed by atoms with Gasteiger partial charge in [-0.25, -0.2) is 8.42 Å². The molecule has 2 aromatic rings. The second kappa shape index (κ2) is 10.4. The lowest BCUT2D eigenvalue weighted by Crippen LogP contribution is -2.40. The molecular weight excluding hydrogens is 462 g/mol. The van der Waals surface area contributed by atoms with Gasteiger partial charge in [0.25, 0.3) is 5.91 Å². The number of rotatable bonds is 6. The van der Waals surface area contributed by atoms with Gasteiger partial charge in [-0.15, -0.1) is 0 Å². The van der Waals surface area contributed by atoms with Crippen molar-refractivity contribution < 1.29 is 22.7 Å². The molecule has 11 heteroatoms. The van der Waals surface area contributed by atoms with Gasteiger partial charge < -0.3 is 14.8 Å². The monoisotopic (exact) mass is 483 g/mol. The van der Waals surface area contributed by atoms with Crippen LogP contribution in [0.15, 0.2) is 47.4 Å². The van der Waals surface area contributed by atoms with E-state index in [0.29, 0.717) is 42.8 Å². The standard InChI is InChI=1S/C20H22ClN3O5S2/c1-14-12-15(21)2-7-18(14)29-13-19(25)23-20(30)22-16-3-5-17(6-4-16)31(26,27)24-8-10-28-11-9-24/h2-7,12H,8-11,13H2,1H3,(H2,22,23,25,30). The number of amides is 1. The summed E-state index contributed by atoms with van der Waals surface area (Å²) in [6.07, 6.45) is 0. The number of nitrogens with zero attached hydrogens (tertiary/aromatic N) is 1. The van der Waals surface area contributed by atoms with Gasteiger partial charge in [0.2, 0.25) is 10.0 Å². The second-order valence-electron chi connectivity index (χ2n) is 6.74. The van der Waals surface area contributed by atoms with Gasteiger partial charge in [-0.3, -0.25) is 10.1 Å². The summed E-state index contributed by atoms with van der Waals surface area (Å²) in [6.45, 7) is 3.03. The molecule has 0 radical (unpaired) electrons. The smallest absolute Gasteiger partial charge is 0.264 e. The summed E-state index contributed by atoms with van der Waals surface area (Å²) in [4.78, 5) is 12.3. The lowest BCUT2D eigenvalue weighted by Gasteiger charge is -2.26. The third-order valence-corrected chi connectivity index (χ3v) is 6.82. The molecular formula is C20H22ClN3O5S2. The minimum Gasteiger partial charge on any atom is -0.483 e. The summed E-state index contributed by atoms with van der Waals surface area (Å²) < 4.78 is 37.4. The topological polar surface area (TPSA) is 97.0 Å². The number of anilines is 1. The zero-order chi connectivity index (χ0) is 22.4. The van der Waals surface area contributed by atoms with Gasteiger partial charge in [0.15, 0.2) is 11.7 Å². The van der Waals surface area contributed by atoms with Gasteiger partial charge in [0, 0.05) is 23.8 Å². The van der Waals surface area contributed by atoms with E-state index in [1.54, 1.807) is 30.3 Å². The molecule has 1 saturated heterocycles. The summed E-state index contributed by atoms with van der Waals surface area (Å²) >= 11 is 11.0. The average Bonchev–Trinajstić information content (AvgIpc) is 2.74. The molecule has 31 heavy (non-hydrogen) atoms. The number of ether oxygens (including phenoxy) is 2. The maximum absolute atomic E-state index is 12.6. The van der Waals surface area contributed by atoms with E-state index in [0.717, 1.165) is 5.56 Å². The first kappa shape index (κ1) is 23.4. The number of hydrogen-bond acceptors (Lipinski definition) is 6. The minimum atomic E-state index is -3.57. The van der Waals surface area contributed by atoms with Crippen molar-refractivity contribution >= 4 is 50.5 Å². The molecule has 0 bridgehead atoms. The molecule has 0 atom stereocenters. The van der Waals surface area contributed by atoms with E-state index in [-0.39, 0.29) is 16.6 Å². The molecule has 0 unspecified atom stereocenters. The second-order valence-corrected chi connectivity index (χ2v) is 9.52. The Morgan fingerprint density at radius 1 is 1.19 bits per heavy atom. The Bertz CT molecular complexity index is 1050. The van der Waals surface area contributed by atoms with Gasteiger partial charge in [0.1, 0.15) is 5.75 Å². The maximum Gasteiger partial charge on any atom is 0.264 e. The minimum absolute atomic E-state index is 0.0743. The van der Waals surface area contributed by atoms with Crippen molar-refractivity contribution in [2.45, 2.75) is 11.8 Å². The van der Waals surface area contributed by atoms with Crippen LogP contribution in [0.3, 0.4) is 0 Å². The molecule has 1 heterocycles. The molecule has 0 aliphatic carbocycles. The zero-order valence-electron chi connectivity index (χ0n) is 16.8. The Labute approximate surface area is 191 Å². The molecule has 3 rings (SSSR count). The predicted molar refractivity (Wildman–Crippen MR) is 122 cm³/mol. The van der Waals surface area contributed by atoms with E-state index < -0.39 is 15.9 Å². The third-order valence-electron chi connectivity index (χ3n) is 4.47. The van der Waals surface area contributed by atoms with Crippen molar-refractivity contribution in [1.82, 2.24) is 9.62 Å². The fraction of sp³-hybridized carbons (Fsp3) is 0.300. The highest BCUT2D eigenvalue weighted by Crippen LogP contribution is 2.22. The van der Waals surface area contributed by atoms with E-state index in [9.17, 15) is 13.2 Å². The highest BCUT2D eigenvalue weighted by molar-refractivity contribution is 7.89. The molecule has 0 saturated carbocycles. The first-order valence-corrected chi connectivity index (χ1v) is 11.7. The van der Waals surface area contributed by atoms with Crippen molar-refractivity contribution in [3.63, 3.8) is 0 Å². The number of morpholine rings is 1. The third kappa shape index (κ3) is 6.37. The molecule has 0 aromatic heterocycles. The Balaban J connectivity index is 1.51. The molecule has 1 aliphatic heterocycles. The first-order valence-electron chi connectivity index (χ1n) is 9.43. The fourth-order valence-electron chi connectivity index (χ4n) is 2.89. The molecule has 1 fully saturated rings. The molecule has 166 valence electrons. The van der Waals surface area contributed by atoms with E-state index in [2.05, 4.69) is 10.6 Å². The number of thiocarbonyl (C=S) groups is 1. The number of carbonyl (C=O) groups excluding carboxylic acids is 1. The van der Waals surface area contributed by atoms with Crippen LogP contribution in [0, 0.1) is 6.92 Å². The highest BCUT2D eigenvalue weighted by Gasteiger charge is 2.26. The fourth-order valence-corrected chi connectivity index (χ4v) is 4.76. The molecule has 1 aliphatic rings. The summed E-state index contributed by atoms with van der Waals surface area (Å²) in [7, 11) is -3.57. The Morgan fingerprint density at radius 3 is 2.52 bits per heavy atom. The molecule has 2 N–H and O–H groups in total. The van der Waals surface area contributed by atoms with Gasteiger partial charge in [-0.1, -0.05) is 11.6 Å². The van der Waals surface area contributed by atoms with Crippen molar-refractivity contribution in [3.8, 4) is 5.75 Å². The Hall–Kier alpha value is -2.24. The van der Waals surface area contributed by atoms with Gasteiger partial charge in [0.05, 0.1) is 18.1 Å². The highest BCUT2D eigenvalue weighted by atomic mass is 35.5. The van der Waals surface area contributed by atoms with Crippen LogP contribution < -0.4 is 15.4 Å².